The maximum atomic E-state index is 12.8. The van der Waals surface area contributed by atoms with Gasteiger partial charge in [-0.3, -0.25) is 14.5 Å². The first-order valence-electron chi connectivity index (χ1n) is 10.8. The summed E-state index contributed by atoms with van der Waals surface area (Å²) in [5.74, 6) is 0.961. The molecule has 1 N–H and O–H groups in total. The SMILES string of the molecule is Cc1cc(NC(=O)CN2CCN(C(=O)CCc3c(C)nc4c(C#N)cnn4c3C)CC2)no1. The number of aryl methyl sites for hydroxylation is 3. The van der Waals surface area contributed by atoms with Crippen molar-refractivity contribution in [2.75, 3.05) is 38.0 Å². The van der Waals surface area contributed by atoms with Gasteiger partial charge in [0.15, 0.2) is 11.5 Å². The van der Waals surface area contributed by atoms with Gasteiger partial charge in [-0.05, 0) is 32.8 Å². The lowest BCUT2D eigenvalue weighted by atomic mass is 10.1. The summed E-state index contributed by atoms with van der Waals surface area (Å²) in [6, 6.07) is 3.77. The number of nitrogens with one attached hydrogen (secondary N) is 1. The van der Waals surface area contributed by atoms with Gasteiger partial charge in [-0.15, -0.1) is 0 Å². The van der Waals surface area contributed by atoms with Gasteiger partial charge in [0, 0.05) is 50.1 Å². The molecule has 4 rings (SSSR count). The third-order valence-corrected chi connectivity index (χ3v) is 5.91. The van der Waals surface area contributed by atoms with Gasteiger partial charge in [0.2, 0.25) is 11.8 Å². The van der Waals surface area contributed by atoms with Gasteiger partial charge in [-0.2, -0.15) is 10.4 Å². The van der Waals surface area contributed by atoms with Gasteiger partial charge < -0.3 is 14.7 Å². The van der Waals surface area contributed by atoms with Gasteiger partial charge in [0.05, 0.1) is 12.7 Å². The Hall–Kier alpha value is -3.78. The third kappa shape index (κ3) is 4.85. The van der Waals surface area contributed by atoms with Crippen LogP contribution in [0.25, 0.3) is 5.65 Å². The quantitative estimate of drug-likeness (QED) is 0.593. The normalized spacial score (nSPS) is 14.4. The Bertz CT molecular complexity index is 1230. The largest absolute Gasteiger partial charge is 0.360 e. The van der Waals surface area contributed by atoms with Crippen LogP contribution in [0.1, 0.15) is 34.7 Å². The second-order valence-corrected chi connectivity index (χ2v) is 8.19. The Kier molecular flexibility index (Phi) is 6.37. The average molecular weight is 451 g/mol. The summed E-state index contributed by atoms with van der Waals surface area (Å²) >= 11 is 0. The molecule has 172 valence electrons. The Balaban J connectivity index is 1.28. The van der Waals surface area contributed by atoms with Gasteiger partial charge in [-0.25, -0.2) is 9.50 Å². The number of fused-ring (bicyclic) bond motifs is 1. The van der Waals surface area contributed by atoms with Gasteiger partial charge in [0.25, 0.3) is 0 Å². The van der Waals surface area contributed by atoms with E-state index in [1.807, 2.05) is 23.6 Å². The minimum Gasteiger partial charge on any atom is -0.360 e. The first-order valence-corrected chi connectivity index (χ1v) is 10.8. The van der Waals surface area contributed by atoms with Crippen molar-refractivity contribution in [1.82, 2.24) is 29.6 Å². The molecule has 0 atom stereocenters. The molecular formula is C22H26N8O3. The number of anilines is 1. The number of piperazine rings is 1. The minimum atomic E-state index is -0.157. The number of hydrogen-bond donors (Lipinski definition) is 1. The lowest BCUT2D eigenvalue weighted by Crippen LogP contribution is -2.50. The van der Waals surface area contributed by atoms with Crippen LogP contribution in [0, 0.1) is 32.1 Å². The Morgan fingerprint density at radius 2 is 1.97 bits per heavy atom. The van der Waals surface area contributed by atoms with Crippen LogP contribution in [0.5, 0.6) is 0 Å². The second kappa shape index (κ2) is 9.38. The van der Waals surface area contributed by atoms with Crippen molar-refractivity contribution in [3.63, 3.8) is 0 Å². The van der Waals surface area contributed by atoms with E-state index >= 15 is 0 Å². The molecule has 0 aromatic carbocycles. The predicted molar refractivity (Wildman–Crippen MR) is 118 cm³/mol. The number of carbonyl (C=O) groups is 2. The van der Waals surface area contributed by atoms with E-state index in [9.17, 15) is 14.9 Å². The molecule has 1 fully saturated rings. The van der Waals surface area contributed by atoms with E-state index in [1.54, 1.807) is 17.5 Å². The molecule has 4 heterocycles. The Labute approximate surface area is 191 Å². The van der Waals surface area contributed by atoms with Crippen LogP contribution in [-0.4, -0.2) is 74.1 Å². The lowest BCUT2D eigenvalue weighted by Gasteiger charge is -2.34. The number of nitriles is 1. The first kappa shape index (κ1) is 22.4. The molecule has 0 saturated carbocycles. The lowest BCUT2D eigenvalue weighted by molar-refractivity contribution is -0.133. The van der Waals surface area contributed by atoms with E-state index in [0.29, 0.717) is 61.8 Å². The van der Waals surface area contributed by atoms with Crippen molar-refractivity contribution in [2.45, 2.75) is 33.6 Å². The number of nitrogens with zero attached hydrogens (tertiary/aromatic N) is 7. The Morgan fingerprint density at radius 3 is 2.64 bits per heavy atom. The summed E-state index contributed by atoms with van der Waals surface area (Å²) in [5.41, 5.74) is 3.66. The zero-order chi connectivity index (χ0) is 23.5. The van der Waals surface area contributed by atoms with Crippen molar-refractivity contribution in [2.24, 2.45) is 0 Å². The topological polar surface area (TPSA) is 133 Å². The standard InChI is InChI=1S/C22H26N8O3/c1-14-10-19(27-33-14)26-20(31)13-28-6-8-29(9-7-28)21(32)5-4-18-15(2)25-22-17(11-23)12-24-30(22)16(18)3/h10,12H,4-9,13H2,1-3H3,(H,26,27,31). The predicted octanol–water partition coefficient (Wildman–Crippen LogP) is 1.23. The van der Waals surface area contributed by atoms with Crippen molar-refractivity contribution < 1.29 is 14.1 Å². The highest BCUT2D eigenvalue weighted by Gasteiger charge is 2.23. The van der Waals surface area contributed by atoms with Crippen LogP contribution in [0.3, 0.4) is 0 Å². The van der Waals surface area contributed by atoms with Crippen LogP contribution < -0.4 is 5.32 Å². The molecule has 3 aromatic heterocycles. The van der Waals surface area contributed by atoms with Gasteiger partial charge in [-0.1, -0.05) is 5.16 Å². The molecule has 2 amide bonds. The molecule has 0 aliphatic carbocycles. The highest BCUT2D eigenvalue weighted by molar-refractivity contribution is 5.91. The molecule has 1 aliphatic rings. The highest BCUT2D eigenvalue weighted by Crippen LogP contribution is 2.19. The van der Waals surface area contributed by atoms with Crippen LogP contribution in [0.2, 0.25) is 0 Å². The van der Waals surface area contributed by atoms with E-state index in [0.717, 1.165) is 17.0 Å². The first-order chi connectivity index (χ1) is 15.9. The average Bonchev–Trinajstić information content (AvgIpc) is 3.39. The minimum absolute atomic E-state index is 0.0780. The zero-order valence-corrected chi connectivity index (χ0v) is 19.0. The number of aromatic nitrogens is 4. The fraction of sp³-hybridized carbons (Fsp3) is 0.455. The second-order valence-electron chi connectivity index (χ2n) is 8.19. The summed E-state index contributed by atoms with van der Waals surface area (Å²) in [6.45, 7) is 8.25. The van der Waals surface area contributed by atoms with Crippen LogP contribution >= 0.6 is 0 Å². The van der Waals surface area contributed by atoms with Crippen molar-refractivity contribution in [1.29, 1.82) is 5.26 Å². The molecular weight excluding hydrogens is 424 g/mol. The molecule has 1 saturated heterocycles. The molecule has 11 heteroatoms. The van der Waals surface area contributed by atoms with Crippen molar-refractivity contribution in [3.05, 3.63) is 40.5 Å². The molecule has 1 aliphatic heterocycles. The molecule has 0 spiro atoms. The van der Waals surface area contributed by atoms with E-state index in [1.165, 1.54) is 6.20 Å². The van der Waals surface area contributed by atoms with E-state index in [-0.39, 0.29) is 18.4 Å². The monoisotopic (exact) mass is 450 g/mol. The molecule has 0 radical (unpaired) electrons. The summed E-state index contributed by atoms with van der Waals surface area (Å²) < 4.78 is 6.61. The summed E-state index contributed by atoms with van der Waals surface area (Å²) in [6.07, 6.45) is 2.43. The van der Waals surface area contributed by atoms with E-state index in [2.05, 4.69) is 26.6 Å². The smallest absolute Gasteiger partial charge is 0.239 e. The molecule has 3 aromatic rings. The number of rotatable bonds is 6. The molecule has 0 bridgehead atoms. The molecule has 33 heavy (non-hydrogen) atoms. The van der Waals surface area contributed by atoms with Crippen LogP contribution in [-0.2, 0) is 16.0 Å². The van der Waals surface area contributed by atoms with Gasteiger partial charge in [0.1, 0.15) is 17.4 Å². The maximum Gasteiger partial charge on any atom is 0.239 e. The highest BCUT2D eigenvalue weighted by atomic mass is 16.5. The molecule has 11 nitrogen and oxygen atoms in total. The summed E-state index contributed by atoms with van der Waals surface area (Å²) in [5, 5.41) is 19.9. The number of hydrogen-bond acceptors (Lipinski definition) is 8. The third-order valence-electron chi connectivity index (χ3n) is 5.91. The fourth-order valence-corrected chi connectivity index (χ4v) is 4.11. The Morgan fingerprint density at radius 1 is 1.21 bits per heavy atom. The molecule has 0 unspecified atom stereocenters. The summed E-state index contributed by atoms with van der Waals surface area (Å²) in [7, 11) is 0. The number of amides is 2. The number of carbonyl (C=O) groups excluding carboxylic acids is 2. The summed E-state index contributed by atoms with van der Waals surface area (Å²) in [4.78, 5) is 33.4. The van der Waals surface area contributed by atoms with Crippen molar-refractivity contribution in [3.8, 4) is 6.07 Å². The van der Waals surface area contributed by atoms with Crippen LogP contribution in [0.4, 0.5) is 5.82 Å². The van der Waals surface area contributed by atoms with Crippen LogP contribution in [0.15, 0.2) is 16.8 Å². The van der Waals surface area contributed by atoms with E-state index in [4.69, 9.17) is 4.52 Å². The van der Waals surface area contributed by atoms with E-state index < -0.39 is 0 Å². The van der Waals surface area contributed by atoms with Crippen molar-refractivity contribution >= 4 is 23.3 Å². The van der Waals surface area contributed by atoms with Gasteiger partial charge >= 0.3 is 0 Å². The zero-order valence-electron chi connectivity index (χ0n) is 19.0. The fourth-order valence-electron chi connectivity index (χ4n) is 4.11. The maximum absolute atomic E-state index is 12.8.